The van der Waals surface area contributed by atoms with Crippen LogP contribution in [0.1, 0.15) is 34.6 Å². The maximum absolute atomic E-state index is 6.63. The lowest BCUT2D eigenvalue weighted by Gasteiger charge is -2.27. The van der Waals surface area contributed by atoms with Gasteiger partial charge in [-0.2, -0.15) is 11.1 Å². The predicted molar refractivity (Wildman–Crippen MR) is 77.6 cm³/mol. The van der Waals surface area contributed by atoms with Gasteiger partial charge in [0.2, 0.25) is 0 Å². The molecule has 0 spiro atoms. The van der Waals surface area contributed by atoms with Crippen molar-refractivity contribution in [1.29, 1.82) is 0 Å². The maximum atomic E-state index is 6.63. The van der Waals surface area contributed by atoms with Crippen molar-refractivity contribution in [2.24, 2.45) is 5.41 Å². The van der Waals surface area contributed by atoms with E-state index in [1.165, 1.54) is 12.6 Å². The molecule has 0 rings (SSSR count). The largest absolute Gasteiger partial charge is 0.168 e. The van der Waals surface area contributed by atoms with Crippen LogP contribution in [-0.4, -0.2) is 14.1 Å². The Morgan fingerprint density at radius 1 is 1.20 bits per heavy atom. The van der Waals surface area contributed by atoms with Gasteiger partial charge in [0.1, 0.15) is 0 Å². The fourth-order valence-electron chi connectivity index (χ4n) is 1.97. The molecule has 0 N–H and O–H groups in total. The lowest BCUT2D eigenvalue weighted by Crippen LogP contribution is -2.33. The number of allylic oxidation sites excluding steroid dienone is 1. The molecule has 0 saturated heterocycles. The lowest BCUT2D eigenvalue weighted by molar-refractivity contribution is 0.543. The lowest BCUT2D eigenvalue weighted by atomic mass is 9.45. The van der Waals surface area contributed by atoms with Crippen LogP contribution in [0.3, 0.4) is 0 Å². The van der Waals surface area contributed by atoms with E-state index >= 15 is 0 Å². The minimum atomic E-state index is -1.67. The Kier molecular flexibility index (Phi) is 5.70. The van der Waals surface area contributed by atoms with E-state index in [-0.39, 0.29) is 5.41 Å². The minimum absolute atomic E-state index is 0.247. The van der Waals surface area contributed by atoms with E-state index in [1.54, 1.807) is 5.10 Å². The van der Waals surface area contributed by atoms with Crippen molar-refractivity contribution in [1.82, 2.24) is 0 Å². The monoisotopic (exact) mass is 244 g/mol. The summed E-state index contributed by atoms with van der Waals surface area (Å²) < 4.78 is 0. The summed E-state index contributed by atoms with van der Waals surface area (Å²) in [5, 5.41) is 1.54. The molecule has 0 aromatic heterocycles. The van der Waals surface area contributed by atoms with Gasteiger partial charge in [-0.3, -0.25) is 0 Å². The van der Waals surface area contributed by atoms with Gasteiger partial charge >= 0.3 is 0 Å². The zero-order valence-electron chi connectivity index (χ0n) is 11.4. The molecule has 3 heteroatoms. The standard InChI is InChI=1S/C12H26BClSi/c1-8-13(9-2)11(15(6,7)14)10-12(3,4)5/h10H,8-9H2,1-7H3/b11-10-. The maximum Gasteiger partial charge on any atom is 0.168 e. The van der Waals surface area contributed by atoms with E-state index in [9.17, 15) is 0 Å². The Morgan fingerprint density at radius 3 is 1.80 bits per heavy atom. The smallest absolute Gasteiger partial charge is 0.163 e. The zero-order valence-corrected chi connectivity index (χ0v) is 13.2. The van der Waals surface area contributed by atoms with E-state index < -0.39 is 7.38 Å². The summed E-state index contributed by atoms with van der Waals surface area (Å²) in [5.74, 6) is 0. The molecular weight excluding hydrogens is 218 g/mol. The summed E-state index contributed by atoms with van der Waals surface area (Å²) in [6.45, 7) is 16.5. The average Bonchev–Trinajstić information content (AvgIpc) is 2.01. The summed E-state index contributed by atoms with van der Waals surface area (Å²) in [6, 6.07) is 0. The van der Waals surface area contributed by atoms with Crippen molar-refractivity contribution in [2.45, 2.75) is 60.4 Å². The summed E-state index contributed by atoms with van der Waals surface area (Å²) in [5.41, 5.74) is 0.247. The SMILES string of the molecule is CCB(CC)/C(=C/C(C)(C)C)[Si](C)(C)Cl. The van der Waals surface area contributed by atoms with Crippen molar-refractivity contribution in [3.63, 3.8) is 0 Å². The van der Waals surface area contributed by atoms with E-state index in [4.69, 9.17) is 11.1 Å². The molecule has 0 nitrogen and oxygen atoms in total. The fraction of sp³-hybridized carbons (Fsp3) is 0.833. The molecule has 0 fully saturated rings. The van der Waals surface area contributed by atoms with Crippen LogP contribution in [0.5, 0.6) is 0 Å². The van der Waals surface area contributed by atoms with Gasteiger partial charge in [-0.1, -0.05) is 71.5 Å². The van der Waals surface area contributed by atoms with Crippen molar-refractivity contribution in [2.75, 3.05) is 0 Å². The highest BCUT2D eigenvalue weighted by Crippen LogP contribution is 2.30. The molecule has 15 heavy (non-hydrogen) atoms. The Balaban J connectivity index is 5.15. The Labute approximate surface area is 102 Å². The van der Waals surface area contributed by atoms with Crippen LogP contribution in [0.15, 0.2) is 11.2 Å². The third-order valence-electron chi connectivity index (χ3n) is 2.70. The Bertz CT molecular complexity index is 219. The molecule has 0 unspecified atom stereocenters. The summed E-state index contributed by atoms with van der Waals surface area (Å²) >= 11 is 6.63. The van der Waals surface area contributed by atoms with Crippen molar-refractivity contribution in [3.8, 4) is 0 Å². The van der Waals surface area contributed by atoms with Gasteiger partial charge in [-0.05, 0) is 5.41 Å². The van der Waals surface area contributed by atoms with Gasteiger partial charge in [0.15, 0.2) is 14.1 Å². The highest BCUT2D eigenvalue weighted by molar-refractivity contribution is 7.27. The highest BCUT2D eigenvalue weighted by Gasteiger charge is 2.31. The topological polar surface area (TPSA) is 0 Å². The minimum Gasteiger partial charge on any atom is -0.163 e. The molecule has 88 valence electrons. The quantitative estimate of drug-likeness (QED) is 0.481. The summed E-state index contributed by atoms with van der Waals surface area (Å²) in [4.78, 5) is 0. The molecule has 0 aromatic carbocycles. The van der Waals surface area contributed by atoms with Crippen LogP contribution >= 0.6 is 11.1 Å². The second-order valence-electron chi connectivity index (χ2n) is 5.95. The van der Waals surface area contributed by atoms with Gasteiger partial charge in [0.25, 0.3) is 0 Å². The molecule has 0 bridgehead atoms. The number of hydrogen-bond acceptors (Lipinski definition) is 0. The first-order chi connectivity index (χ1) is 6.61. The summed E-state index contributed by atoms with van der Waals surface area (Å²) in [7, 11) is -1.67. The van der Waals surface area contributed by atoms with Crippen LogP contribution in [0.4, 0.5) is 0 Å². The van der Waals surface area contributed by atoms with Crippen LogP contribution < -0.4 is 0 Å². The van der Waals surface area contributed by atoms with E-state index in [0.717, 1.165) is 0 Å². The third-order valence-corrected chi connectivity index (χ3v) is 5.28. The van der Waals surface area contributed by atoms with Crippen LogP contribution in [0.2, 0.25) is 25.7 Å². The molecule has 0 saturated carbocycles. The van der Waals surface area contributed by atoms with Gasteiger partial charge in [0, 0.05) is 0 Å². The normalized spacial score (nSPS) is 14.3. The molecule has 0 radical (unpaired) electrons. The van der Waals surface area contributed by atoms with Crippen molar-refractivity contribution >= 4 is 25.2 Å². The number of rotatable bonds is 4. The molecule has 0 heterocycles. The molecule has 0 amide bonds. The van der Waals surface area contributed by atoms with Crippen LogP contribution in [0, 0.1) is 5.41 Å². The van der Waals surface area contributed by atoms with E-state index in [0.29, 0.717) is 6.71 Å². The van der Waals surface area contributed by atoms with Crippen LogP contribution in [-0.2, 0) is 0 Å². The van der Waals surface area contributed by atoms with Crippen molar-refractivity contribution < 1.29 is 0 Å². The van der Waals surface area contributed by atoms with Gasteiger partial charge < -0.3 is 0 Å². The van der Waals surface area contributed by atoms with Gasteiger partial charge in [-0.15, -0.1) is 0 Å². The zero-order chi connectivity index (χ0) is 12.3. The molecule has 0 aliphatic carbocycles. The first-order valence-electron chi connectivity index (χ1n) is 6.04. The summed E-state index contributed by atoms with van der Waals surface area (Å²) in [6.07, 6.45) is 4.84. The second-order valence-corrected chi connectivity index (χ2v) is 12.3. The predicted octanol–water partition coefficient (Wildman–Crippen LogP) is 5.02. The highest BCUT2D eigenvalue weighted by atomic mass is 35.6. The van der Waals surface area contributed by atoms with Crippen molar-refractivity contribution in [3.05, 3.63) is 11.2 Å². The van der Waals surface area contributed by atoms with Crippen LogP contribution in [0.25, 0.3) is 0 Å². The molecule has 0 atom stereocenters. The van der Waals surface area contributed by atoms with E-state index in [2.05, 4.69) is 53.8 Å². The molecular formula is C12H26BClSi. The second kappa shape index (κ2) is 5.58. The Hall–Kier alpha value is 0.312. The van der Waals surface area contributed by atoms with Gasteiger partial charge in [-0.25, -0.2) is 0 Å². The Morgan fingerprint density at radius 2 is 1.60 bits per heavy atom. The molecule has 0 aliphatic rings. The molecule has 0 aromatic rings. The van der Waals surface area contributed by atoms with Gasteiger partial charge in [0.05, 0.1) is 0 Å². The van der Waals surface area contributed by atoms with E-state index in [1.807, 2.05) is 0 Å². The fourth-order valence-corrected chi connectivity index (χ4v) is 4.75. The first kappa shape index (κ1) is 15.3. The third kappa shape index (κ3) is 5.82. The average molecular weight is 245 g/mol. The number of hydrogen-bond donors (Lipinski definition) is 0. The number of halogens is 1. The molecule has 0 aliphatic heterocycles. The first-order valence-corrected chi connectivity index (χ1v) is 10.0.